The topological polar surface area (TPSA) is 49.8 Å². The molecule has 0 saturated heterocycles. The third kappa shape index (κ3) is 1.87. The first-order valence-electron chi connectivity index (χ1n) is 5.56. The fraction of sp³-hybridized carbons (Fsp3) is 0.583. The van der Waals surface area contributed by atoms with Gasteiger partial charge in [0.15, 0.2) is 0 Å². The van der Waals surface area contributed by atoms with Crippen molar-refractivity contribution < 1.29 is 0 Å². The Kier molecular flexibility index (Phi) is 2.97. The van der Waals surface area contributed by atoms with Gasteiger partial charge in [-0.15, -0.1) is 11.3 Å². The minimum absolute atomic E-state index is 0.722. The summed E-state index contributed by atoms with van der Waals surface area (Å²) in [6.45, 7) is 2.23. The predicted molar refractivity (Wildman–Crippen MR) is 63.9 cm³/mol. The van der Waals surface area contributed by atoms with Crippen LogP contribution in [0, 0.1) is 17.2 Å². The number of anilines is 1. The van der Waals surface area contributed by atoms with E-state index in [1.54, 1.807) is 11.3 Å². The Morgan fingerprint density at radius 1 is 1.60 bits per heavy atom. The number of rotatable bonds is 1. The van der Waals surface area contributed by atoms with Gasteiger partial charge in [0, 0.05) is 4.88 Å². The average molecular weight is 220 g/mol. The Morgan fingerprint density at radius 3 is 3.07 bits per heavy atom. The van der Waals surface area contributed by atoms with Crippen molar-refractivity contribution in [3.8, 4) is 6.07 Å². The van der Waals surface area contributed by atoms with Crippen LogP contribution in [0.4, 0.5) is 5.00 Å². The summed E-state index contributed by atoms with van der Waals surface area (Å²) in [6, 6.07) is 2.26. The Bertz CT molecular complexity index is 400. The first-order chi connectivity index (χ1) is 7.26. The number of thiophene rings is 1. The first-order valence-corrected chi connectivity index (χ1v) is 6.38. The highest BCUT2D eigenvalue weighted by Gasteiger charge is 2.22. The normalized spacial score (nSPS) is 20.4. The van der Waals surface area contributed by atoms with Crippen LogP contribution < -0.4 is 5.73 Å². The van der Waals surface area contributed by atoms with E-state index < -0.39 is 0 Å². The fourth-order valence-corrected chi connectivity index (χ4v) is 3.46. The second-order valence-electron chi connectivity index (χ2n) is 4.23. The van der Waals surface area contributed by atoms with Crippen LogP contribution in [0.1, 0.15) is 42.2 Å². The van der Waals surface area contributed by atoms with E-state index in [4.69, 9.17) is 11.0 Å². The Morgan fingerprint density at radius 2 is 2.40 bits per heavy atom. The van der Waals surface area contributed by atoms with E-state index in [9.17, 15) is 0 Å². The maximum absolute atomic E-state index is 9.09. The highest BCUT2D eigenvalue weighted by Crippen LogP contribution is 2.37. The number of hydrogen-bond acceptors (Lipinski definition) is 3. The first kappa shape index (κ1) is 10.5. The number of hydrogen-bond donors (Lipinski definition) is 1. The van der Waals surface area contributed by atoms with Crippen LogP contribution in [0.25, 0.3) is 0 Å². The molecular formula is C12H16N2S. The van der Waals surface area contributed by atoms with Crippen LogP contribution in [-0.4, -0.2) is 0 Å². The fourth-order valence-electron chi connectivity index (χ4n) is 2.36. The van der Waals surface area contributed by atoms with Crippen LogP contribution in [-0.2, 0) is 12.8 Å². The number of nitrogens with two attached hydrogens (primary N) is 1. The van der Waals surface area contributed by atoms with Crippen LogP contribution in [0.3, 0.4) is 0 Å². The van der Waals surface area contributed by atoms with Crippen LogP contribution in [0.15, 0.2) is 0 Å². The van der Waals surface area contributed by atoms with E-state index in [-0.39, 0.29) is 0 Å². The van der Waals surface area contributed by atoms with Crippen LogP contribution >= 0.6 is 11.3 Å². The largest absolute Gasteiger partial charge is 0.389 e. The van der Waals surface area contributed by atoms with Crippen LogP contribution in [0.5, 0.6) is 0 Å². The highest BCUT2D eigenvalue weighted by atomic mass is 32.1. The van der Waals surface area contributed by atoms with Gasteiger partial charge < -0.3 is 5.73 Å². The van der Waals surface area contributed by atoms with Crippen molar-refractivity contribution in [1.29, 1.82) is 5.26 Å². The van der Waals surface area contributed by atoms with E-state index in [2.05, 4.69) is 13.0 Å². The molecule has 3 heteroatoms. The van der Waals surface area contributed by atoms with Crippen molar-refractivity contribution in [3.63, 3.8) is 0 Å². The molecule has 0 aromatic carbocycles. The number of fused-ring (bicyclic) bond motifs is 1. The molecule has 2 nitrogen and oxygen atoms in total. The van der Waals surface area contributed by atoms with Gasteiger partial charge in [-0.05, 0) is 37.2 Å². The zero-order valence-corrected chi connectivity index (χ0v) is 9.86. The summed E-state index contributed by atoms with van der Waals surface area (Å²) in [5.41, 5.74) is 7.88. The summed E-state index contributed by atoms with van der Waals surface area (Å²) in [6.07, 6.45) is 5.92. The summed E-state index contributed by atoms with van der Waals surface area (Å²) >= 11 is 1.62. The lowest BCUT2D eigenvalue weighted by atomic mass is 9.94. The summed E-state index contributed by atoms with van der Waals surface area (Å²) in [7, 11) is 0. The van der Waals surface area contributed by atoms with Crippen molar-refractivity contribution in [2.24, 2.45) is 5.92 Å². The molecule has 0 spiro atoms. The minimum Gasteiger partial charge on any atom is -0.389 e. The molecular weight excluding hydrogens is 204 g/mol. The lowest BCUT2D eigenvalue weighted by Crippen LogP contribution is -2.02. The van der Waals surface area contributed by atoms with E-state index in [0.717, 1.165) is 29.3 Å². The molecule has 0 saturated carbocycles. The molecule has 0 aliphatic heterocycles. The molecule has 80 valence electrons. The minimum atomic E-state index is 0.722. The van der Waals surface area contributed by atoms with Gasteiger partial charge in [0.1, 0.15) is 11.1 Å². The van der Waals surface area contributed by atoms with Crippen molar-refractivity contribution in [1.82, 2.24) is 0 Å². The second kappa shape index (κ2) is 4.24. The van der Waals surface area contributed by atoms with Crippen molar-refractivity contribution in [2.75, 3.05) is 5.73 Å². The Balaban J connectivity index is 2.40. The zero-order chi connectivity index (χ0) is 10.8. The summed E-state index contributed by atoms with van der Waals surface area (Å²) in [5, 5.41) is 9.81. The maximum Gasteiger partial charge on any atom is 0.104 e. The molecule has 2 rings (SSSR count). The number of aryl methyl sites for hydroxylation is 1. The third-order valence-electron chi connectivity index (χ3n) is 3.32. The van der Waals surface area contributed by atoms with Gasteiger partial charge in [0.25, 0.3) is 0 Å². The summed E-state index contributed by atoms with van der Waals surface area (Å²) in [5.74, 6) is 0.743. The molecule has 0 bridgehead atoms. The maximum atomic E-state index is 9.09. The molecule has 1 unspecified atom stereocenters. The Labute approximate surface area is 94.7 Å². The van der Waals surface area contributed by atoms with Gasteiger partial charge in [-0.25, -0.2) is 0 Å². The van der Waals surface area contributed by atoms with Crippen LogP contribution in [0.2, 0.25) is 0 Å². The molecule has 2 N–H and O–H groups in total. The Hall–Kier alpha value is -1.01. The number of nitrogen functional groups attached to an aromatic ring is 1. The molecule has 0 amide bonds. The molecule has 1 atom stereocenters. The van der Waals surface area contributed by atoms with Gasteiger partial charge in [0.05, 0.1) is 5.56 Å². The molecule has 0 fully saturated rings. The predicted octanol–water partition coefficient (Wildman–Crippen LogP) is 3.11. The van der Waals surface area contributed by atoms with Gasteiger partial charge >= 0.3 is 0 Å². The molecule has 1 heterocycles. The quantitative estimate of drug-likeness (QED) is 0.739. The zero-order valence-electron chi connectivity index (χ0n) is 9.05. The van der Waals surface area contributed by atoms with Gasteiger partial charge in [0.2, 0.25) is 0 Å². The van der Waals surface area contributed by atoms with Crippen molar-refractivity contribution >= 4 is 16.3 Å². The van der Waals surface area contributed by atoms with Gasteiger partial charge in [-0.3, -0.25) is 0 Å². The lowest BCUT2D eigenvalue weighted by Gasteiger charge is -2.10. The van der Waals surface area contributed by atoms with Crippen molar-refractivity contribution in [2.45, 2.75) is 39.0 Å². The molecule has 0 radical (unpaired) electrons. The molecule has 1 aromatic heterocycles. The molecule has 1 aromatic rings. The average Bonchev–Trinajstić information content (AvgIpc) is 2.42. The van der Waals surface area contributed by atoms with E-state index >= 15 is 0 Å². The SMILES string of the molecule is CCC1CCCc2sc(N)c(C#N)c2C1. The van der Waals surface area contributed by atoms with E-state index in [0.29, 0.717) is 0 Å². The molecule has 15 heavy (non-hydrogen) atoms. The van der Waals surface area contributed by atoms with Crippen molar-refractivity contribution in [3.05, 3.63) is 16.0 Å². The van der Waals surface area contributed by atoms with E-state index in [1.165, 1.54) is 29.7 Å². The summed E-state index contributed by atoms with van der Waals surface area (Å²) in [4.78, 5) is 1.36. The smallest absolute Gasteiger partial charge is 0.104 e. The summed E-state index contributed by atoms with van der Waals surface area (Å²) < 4.78 is 0. The standard InChI is InChI=1S/C12H16N2S/c1-2-8-4-3-5-11-9(6-8)10(7-13)12(14)15-11/h8H,2-6,14H2,1H3. The highest BCUT2D eigenvalue weighted by molar-refractivity contribution is 7.16. The number of nitrogens with zero attached hydrogens (tertiary/aromatic N) is 1. The monoisotopic (exact) mass is 220 g/mol. The third-order valence-corrected chi connectivity index (χ3v) is 4.44. The van der Waals surface area contributed by atoms with Gasteiger partial charge in [-0.1, -0.05) is 13.3 Å². The lowest BCUT2D eigenvalue weighted by molar-refractivity contribution is 0.466. The van der Waals surface area contributed by atoms with E-state index in [1.807, 2.05) is 0 Å². The molecule has 1 aliphatic carbocycles. The second-order valence-corrected chi connectivity index (χ2v) is 5.36. The number of nitriles is 1. The van der Waals surface area contributed by atoms with Gasteiger partial charge in [-0.2, -0.15) is 5.26 Å². The molecule has 1 aliphatic rings.